The largest absolute Gasteiger partial charge is 0.399 e. The van der Waals surface area contributed by atoms with Crippen LogP contribution >= 0.6 is 48.6 Å². The molecular weight excluding hydrogens is 427 g/mol. The molecule has 152 valence electrons. The molecule has 5 nitrogen and oxygen atoms in total. The SMILES string of the molecule is Cc1nc(CN2CCN(C(=O)CCc3ccccc3N)CC2)cs1.Cl.Cl.Cl. The monoisotopic (exact) mass is 452 g/mol. The van der Waals surface area contributed by atoms with E-state index in [0.717, 1.165) is 54.7 Å². The van der Waals surface area contributed by atoms with E-state index in [1.165, 1.54) is 0 Å². The van der Waals surface area contributed by atoms with Crippen molar-refractivity contribution in [3.63, 3.8) is 0 Å². The number of amides is 1. The Morgan fingerprint density at radius 1 is 1.15 bits per heavy atom. The Bertz CT molecular complexity index is 705. The first-order valence-electron chi connectivity index (χ1n) is 8.36. The highest BCUT2D eigenvalue weighted by atomic mass is 35.5. The number of nitrogens with two attached hydrogens (primary N) is 1. The minimum absolute atomic E-state index is 0. The van der Waals surface area contributed by atoms with Crippen LogP contribution in [0.2, 0.25) is 0 Å². The van der Waals surface area contributed by atoms with Crippen LogP contribution in [0.25, 0.3) is 0 Å². The van der Waals surface area contributed by atoms with E-state index in [1.807, 2.05) is 36.1 Å². The third kappa shape index (κ3) is 7.47. The summed E-state index contributed by atoms with van der Waals surface area (Å²) >= 11 is 1.69. The number of thiazole rings is 1. The van der Waals surface area contributed by atoms with Crippen molar-refractivity contribution in [2.75, 3.05) is 31.9 Å². The molecule has 0 spiro atoms. The molecule has 0 radical (unpaired) electrons. The number of carbonyl (C=O) groups is 1. The average molecular weight is 454 g/mol. The van der Waals surface area contributed by atoms with Gasteiger partial charge in [0.2, 0.25) is 5.91 Å². The molecule has 0 saturated carbocycles. The van der Waals surface area contributed by atoms with Crippen LogP contribution in [0, 0.1) is 6.92 Å². The van der Waals surface area contributed by atoms with Crippen LogP contribution in [0.3, 0.4) is 0 Å². The van der Waals surface area contributed by atoms with E-state index in [1.54, 1.807) is 11.3 Å². The zero-order chi connectivity index (χ0) is 16.9. The first kappa shape index (κ1) is 26.0. The summed E-state index contributed by atoms with van der Waals surface area (Å²) in [4.78, 5) is 21.3. The Morgan fingerprint density at radius 3 is 2.41 bits per heavy atom. The third-order valence-electron chi connectivity index (χ3n) is 4.44. The molecule has 1 fully saturated rings. The highest BCUT2D eigenvalue weighted by Gasteiger charge is 2.21. The van der Waals surface area contributed by atoms with Crippen molar-refractivity contribution in [1.29, 1.82) is 0 Å². The van der Waals surface area contributed by atoms with Gasteiger partial charge in [-0.1, -0.05) is 18.2 Å². The molecule has 1 aliphatic heterocycles. The molecule has 2 aromatic rings. The molecule has 1 amide bonds. The number of piperazine rings is 1. The van der Waals surface area contributed by atoms with Crippen molar-refractivity contribution in [3.8, 4) is 0 Å². The second-order valence-electron chi connectivity index (χ2n) is 6.21. The first-order valence-corrected chi connectivity index (χ1v) is 9.24. The molecule has 0 unspecified atom stereocenters. The molecule has 2 N–H and O–H groups in total. The number of hydrogen-bond donors (Lipinski definition) is 1. The second kappa shape index (κ2) is 12.4. The van der Waals surface area contributed by atoms with Crippen molar-refractivity contribution in [2.45, 2.75) is 26.3 Å². The molecule has 1 aliphatic rings. The fraction of sp³-hybridized carbons (Fsp3) is 0.444. The minimum Gasteiger partial charge on any atom is -0.399 e. The number of rotatable bonds is 5. The maximum Gasteiger partial charge on any atom is 0.222 e. The van der Waals surface area contributed by atoms with E-state index in [2.05, 4.69) is 15.3 Å². The van der Waals surface area contributed by atoms with Gasteiger partial charge in [0.15, 0.2) is 0 Å². The summed E-state index contributed by atoms with van der Waals surface area (Å²) in [6.07, 6.45) is 1.24. The lowest BCUT2D eigenvalue weighted by Gasteiger charge is -2.34. The summed E-state index contributed by atoms with van der Waals surface area (Å²) in [5, 5.41) is 3.23. The lowest BCUT2D eigenvalue weighted by Crippen LogP contribution is -2.48. The van der Waals surface area contributed by atoms with Crippen molar-refractivity contribution in [2.24, 2.45) is 0 Å². The van der Waals surface area contributed by atoms with Gasteiger partial charge < -0.3 is 10.6 Å². The van der Waals surface area contributed by atoms with Gasteiger partial charge >= 0.3 is 0 Å². The van der Waals surface area contributed by atoms with E-state index in [-0.39, 0.29) is 43.1 Å². The maximum atomic E-state index is 12.4. The summed E-state index contributed by atoms with van der Waals surface area (Å²) in [6, 6.07) is 7.77. The number of nitrogens with zero attached hydrogens (tertiary/aromatic N) is 3. The van der Waals surface area contributed by atoms with Gasteiger partial charge in [-0.2, -0.15) is 0 Å². The van der Waals surface area contributed by atoms with Gasteiger partial charge in [-0.25, -0.2) is 4.98 Å². The average Bonchev–Trinajstić information content (AvgIpc) is 2.99. The van der Waals surface area contributed by atoms with Crippen molar-refractivity contribution in [1.82, 2.24) is 14.8 Å². The summed E-state index contributed by atoms with van der Waals surface area (Å²) in [6.45, 7) is 6.33. The second-order valence-corrected chi connectivity index (χ2v) is 7.28. The zero-order valence-electron chi connectivity index (χ0n) is 15.3. The van der Waals surface area contributed by atoms with Crippen LogP contribution in [0.15, 0.2) is 29.6 Å². The maximum absolute atomic E-state index is 12.4. The van der Waals surface area contributed by atoms with E-state index in [9.17, 15) is 4.79 Å². The molecule has 9 heteroatoms. The molecule has 27 heavy (non-hydrogen) atoms. The lowest BCUT2D eigenvalue weighted by molar-refractivity contribution is -0.133. The predicted molar refractivity (Wildman–Crippen MR) is 120 cm³/mol. The van der Waals surface area contributed by atoms with Gasteiger partial charge in [0.05, 0.1) is 10.7 Å². The van der Waals surface area contributed by atoms with Gasteiger partial charge in [-0.05, 0) is 25.0 Å². The van der Waals surface area contributed by atoms with E-state index < -0.39 is 0 Å². The summed E-state index contributed by atoms with van der Waals surface area (Å²) in [7, 11) is 0. The van der Waals surface area contributed by atoms with E-state index in [4.69, 9.17) is 5.73 Å². The quantitative estimate of drug-likeness (QED) is 0.703. The molecule has 1 aromatic carbocycles. The standard InChI is InChI=1S/C18H24N4OS.3ClH/c1-14-20-16(13-24-14)12-21-8-10-22(11-9-21)18(23)7-6-15-4-2-3-5-17(15)19;;;/h2-5,13H,6-12,19H2,1H3;3*1H. The number of para-hydroxylation sites is 1. The Hall–Kier alpha value is -1.05. The molecular formula is C18H27Cl3N4OS. The summed E-state index contributed by atoms with van der Waals surface area (Å²) in [5.41, 5.74) is 8.91. The van der Waals surface area contributed by atoms with Gasteiger partial charge in [-0.3, -0.25) is 9.69 Å². The highest BCUT2D eigenvalue weighted by Crippen LogP contribution is 2.15. The third-order valence-corrected chi connectivity index (χ3v) is 5.26. The molecule has 0 bridgehead atoms. The van der Waals surface area contributed by atoms with Gasteiger partial charge in [0.25, 0.3) is 0 Å². The Kier molecular flexibility index (Phi) is 11.9. The van der Waals surface area contributed by atoms with Crippen LogP contribution in [0.5, 0.6) is 0 Å². The van der Waals surface area contributed by atoms with Crippen LogP contribution in [-0.4, -0.2) is 46.9 Å². The van der Waals surface area contributed by atoms with Crippen LogP contribution in [0.4, 0.5) is 5.69 Å². The smallest absolute Gasteiger partial charge is 0.222 e. The number of carbonyl (C=O) groups excluding carboxylic acids is 1. The Balaban J connectivity index is 0.00000225. The lowest BCUT2D eigenvalue weighted by atomic mass is 10.1. The van der Waals surface area contributed by atoms with Gasteiger partial charge in [0.1, 0.15) is 0 Å². The molecule has 2 heterocycles. The van der Waals surface area contributed by atoms with Gasteiger partial charge in [0, 0.05) is 50.2 Å². The van der Waals surface area contributed by atoms with Crippen LogP contribution < -0.4 is 5.73 Å². The van der Waals surface area contributed by atoms with Crippen molar-refractivity contribution >= 4 is 60.2 Å². The number of hydrogen-bond acceptors (Lipinski definition) is 5. The number of nitrogen functional groups attached to an aromatic ring is 1. The minimum atomic E-state index is 0. The fourth-order valence-corrected chi connectivity index (χ4v) is 3.63. The number of aryl methyl sites for hydroxylation is 2. The number of anilines is 1. The summed E-state index contributed by atoms with van der Waals surface area (Å²) in [5.74, 6) is 0.224. The molecule has 1 aromatic heterocycles. The molecule has 1 saturated heterocycles. The topological polar surface area (TPSA) is 62.5 Å². The normalized spacial score (nSPS) is 13.9. The molecule has 0 atom stereocenters. The van der Waals surface area contributed by atoms with E-state index >= 15 is 0 Å². The molecule has 0 aliphatic carbocycles. The first-order chi connectivity index (χ1) is 11.6. The number of halogens is 3. The predicted octanol–water partition coefficient (Wildman–Crippen LogP) is 3.58. The number of aromatic nitrogens is 1. The number of benzene rings is 1. The fourth-order valence-electron chi connectivity index (χ4n) is 3.03. The Morgan fingerprint density at radius 2 is 1.81 bits per heavy atom. The van der Waals surface area contributed by atoms with Crippen LogP contribution in [-0.2, 0) is 17.8 Å². The molecule has 3 rings (SSSR count). The zero-order valence-corrected chi connectivity index (χ0v) is 18.6. The Labute approximate surface area is 183 Å². The van der Waals surface area contributed by atoms with Crippen molar-refractivity contribution in [3.05, 3.63) is 45.9 Å². The highest BCUT2D eigenvalue weighted by molar-refractivity contribution is 7.09. The van der Waals surface area contributed by atoms with E-state index in [0.29, 0.717) is 12.8 Å². The van der Waals surface area contributed by atoms with Crippen molar-refractivity contribution < 1.29 is 4.79 Å². The van der Waals surface area contributed by atoms with Crippen LogP contribution in [0.1, 0.15) is 22.7 Å². The summed E-state index contributed by atoms with van der Waals surface area (Å²) < 4.78 is 0. The van der Waals surface area contributed by atoms with Gasteiger partial charge in [-0.15, -0.1) is 48.6 Å².